The van der Waals surface area contributed by atoms with E-state index < -0.39 is 5.41 Å². The van der Waals surface area contributed by atoms with Crippen LogP contribution in [-0.4, -0.2) is 48.3 Å². The number of unbranched alkanes of at least 4 members (excludes halogenated alkanes) is 2. The van der Waals surface area contributed by atoms with E-state index in [1.165, 1.54) is 0 Å². The van der Waals surface area contributed by atoms with E-state index in [1.807, 2.05) is 20.8 Å². The fourth-order valence-electron chi connectivity index (χ4n) is 3.91. The number of rotatable bonds is 17. The van der Waals surface area contributed by atoms with Crippen molar-refractivity contribution in [3.8, 4) is 0 Å². The first-order valence-electron chi connectivity index (χ1n) is 12.9. The summed E-state index contributed by atoms with van der Waals surface area (Å²) in [5.74, 6) is 0.237. The van der Waals surface area contributed by atoms with E-state index >= 15 is 0 Å². The van der Waals surface area contributed by atoms with Crippen LogP contribution in [-0.2, 0) is 9.59 Å². The van der Waals surface area contributed by atoms with Gasteiger partial charge in [-0.2, -0.15) is 0 Å². The fraction of sp³-hybridized carbons (Fsp3) is 0.926. The molecule has 0 aliphatic rings. The van der Waals surface area contributed by atoms with Crippen LogP contribution in [0.5, 0.6) is 0 Å². The molecular weight excluding hydrogens is 398 g/mol. The molecule has 0 aromatic carbocycles. The predicted molar refractivity (Wildman–Crippen MR) is 138 cm³/mol. The summed E-state index contributed by atoms with van der Waals surface area (Å²) in [4.78, 5) is 26.4. The van der Waals surface area contributed by atoms with Crippen molar-refractivity contribution in [1.29, 1.82) is 0 Å². The minimum Gasteiger partial charge on any atom is -0.315 e. The molecule has 0 aromatic rings. The molecule has 2 atom stereocenters. The normalized spacial score (nSPS) is 14.8. The van der Waals surface area contributed by atoms with Crippen molar-refractivity contribution in [2.75, 3.05) is 13.1 Å². The molecule has 32 heavy (non-hydrogen) atoms. The Bertz CT molecular complexity index is 530. The molecule has 0 heterocycles. The molecule has 0 saturated heterocycles. The SMILES string of the molecule is CC(C)NCCCC[C@H](NC(C)C)C(=O)CC(CCCCNC(C)(C)C)C(=O)C(C)(C)C. The predicted octanol–water partition coefficient (Wildman–Crippen LogP) is 5.27. The lowest BCUT2D eigenvalue weighted by atomic mass is 9.78. The van der Waals surface area contributed by atoms with Gasteiger partial charge < -0.3 is 16.0 Å². The topological polar surface area (TPSA) is 70.2 Å². The molecule has 0 bridgehead atoms. The summed E-state index contributed by atoms with van der Waals surface area (Å²) in [6.45, 7) is 22.8. The second kappa shape index (κ2) is 15.2. The van der Waals surface area contributed by atoms with Crippen LogP contribution in [0.2, 0.25) is 0 Å². The van der Waals surface area contributed by atoms with Gasteiger partial charge in [0.15, 0.2) is 0 Å². The Kier molecular flexibility index (Phi) is 14.8. The van der Waals surface area contributed by atoms with Crippen LogP contribution < -0.4 is 16.0 Å². The number of hydrogen-bond donors (Lipinski definition) is 3. The van der Waals surface area contributed by atoms with Crippen molar-refractivity contribution in [2.45, 2.75) is 138 Å². The van der Waals surface area contributed by atoms with Crippen molar-refractivity contribution in [2.24, 2.45) is 11.3 Å². The van der Waals surface area contributed by atoms with Crippen LogP contribution in [0.15, 0.2) is 0 Å². The number of hydrogen-bond acceptors (Lipinski definition) is 5. The van der Waals surface area contributed by atoms with Gasteiger partial charge in [0.1, 0.15) is 11.6 Å². The molecule has 5 nitrogen and oxygen atoms in total. The maximum absolute atomic E-state index is 13.3. The summed E-state index contributed by atoms with van der Waals surface area (Å²) >= 11 is 0. The molecule has 0 saturated carbocycles. The molecule has 0 aliphatic heterocycles. The maximum Gasteiger partial charge on any atom is 0.150 e. The molecule has 0 aliphatic carbocycles. The quantitative estimate of drug-likeness (QED) is 0.262. The second-order valence-electron chi connectivity index (χ2n) is 12.1. The zero-order valence-corrected chi connectivity index (χ0v) is 23.0. The van der Waals surface area contributed by atoms with E-state index in [9.17, 15) is 9.59 Å². The lowest BCUT2D eigenvalue weighted by Crippen LogP contribution is -2.43. The molecule has 0 aromatic heterocycles. The van der Waals surface area contributed by atoms with Crippen LogP contribution in [0.1, 0.15) is 114 Å². The largest absolute Gasteiger partial charge is 0.315 e. The molecule has 190 valence electrons. The minimum absolute atomic E-state index is 0.108. The molecular formula is C27H55N3O2. The van der Waals surface area contributed by atoms with E-state index in [0.29, 0.717) is 12.5 Å². The Labute approximate surface area is 199 Å². The number of Topliss-reactive ketones (excluding diaryl/α,β-unsaturated/α-hetero) is 2. The molecule has 0 amide bonds. The lowest BCUT2D eigenvalue weighted by Gasteiger charge is -2.27. The summed E-state index contributed by atoms with van der Waals surface area (Å²) < 4.78 is 0. The zero-order valence-electron chi connectivity index (χ0n) is 23.0. The van der Waals surface area contributed by atoms with E-state index in [0.717, 1.165) is 51.6 Å². The van der Waals surface area contributed by atoms with Crippen LogP contribution in [0.4, 0.5) is 0 Å². The highest BCUT2D eigenvalue weighted by atomic mass is 16.1. The van der Waals surface area contributed by atoms with Crippen LogP contribution >= 0.6 is 0 Å². The van der Waals surface area contributed by atoms with Gasteiger partial charge in [-0.3, -0.25) is 9.59 Å². The van der Waals surface area contributed by atoms with Crippen molar-refractivity contribution in [3.63, 3.8) is 0 Å². The van der Waals surface area contributed by atoms with Gasteiger partial charge in [0.25, 0.3) is 0 Å². The van der Waals surface area contributed by atoms with Gasteiger partial charge in [-0.05, 0) is 59.5 Å². The first-order chi connectivity index (χ1) is 14.6. The Morgan fingerprint density at radius 1 is 0.750 bits per heavy atom. The Balaban J connectivity index is 4.95. The van der Waals surface area contributed by atoms with E-state index in [4.69, 9.17) is 0 Å². The van der Waals surface area contributed by atoms with Gasteiger partial charge in [0.05, 0.1) is 6.04 Å². The van der Waals surface area contributed by atoms with Crippen molar-refractivity contribution < 1.29 is 9.59 Å². The molecule has 0 spiro atoms. The van der Waals surface area contributed by atoms with Gasteiger partial charge in [0, 0.05) is 35.4 Å². The Hall–Kier alpha value is -0.780. The van der Waals surface area contributed by atoms with Gasteiger partial charge >= 0.3 is 0 Å². The number of ketones is 2. The molecule has 5 heteroatoms. The summed E-state index contributed by atoms with van der Waals surface area (Å²) in [5.41, 5.74) is -0.310. The van der Waals surface area contributed by atoms with E-state index in [2.05, 4.69) is 64.4 Å². The molecule has 0 fully saturated rings. The first kappa shape index (κ1) is 31.2. The summed E-state index contributed by atoms with van der Waals surface area (Å²) in [5, 5.41) is 10.4. The van der Waals surface area contributed by atoms with Gasteiger partial charge in [-0.15, -0.1) is 0 Å². The number of carbonyl (C=O) groups is 2. The van der Waals surface area contributed by atoms with Gasteiger partial charge in [0.2, 0.25) is 0 Å². The second-order valence-corrected chi connectivity index (χ2v) is 12.1. The van der Waals surface area contributed by atoms with Crippen molar-refractivity contribution in [1.82, 2.24) is 16.0 Å². The third kappa shape index (κ3) is 15.9. The Morgan fingerprint density at radius 3 is 1.81 bits per heavy atom. The average molecular weight is 454 g/mol. The standard InChI is InChI=1S/C27H55N3O2/c1-20(2)28-17-13-12-16-23(30-21(3)4)24(31)19-22(25(32)26(5,6)7)15-11-14-18-29-27(8,9)10/h20-23,28-30H,11-19H2,1-10H3/t22?,23-/m0/s1. The van der Waals surface area contributed by atoms with Crippen LogP contribution in [0, 0.1) is 11.3 Å². The molecule has 0 rings (SSSR count). The summed E-state index contributed by atoms with van der Waals surface area (Å²) in [6.07, 6.45) is 6.04. The van der Waals surface area contributed by atoms with E-state index in [-0.39, 0.29) is 35.1 Å². The highest BCUT2D eigenvalue weighted by Crippen LogP contribution is 2.27. The zero-order chi connectivity index (χ0) is 24.9. The van der Waals surface area contributed by atoms with Gasteiger partial charge in [-0.1, -0.05) is 61.3 Å². The monoisotopic (exact) mass is 453 g/mol. The first-order valence-corrected chi connectivity index (χ1v) is 12.9. The van der Waals surface area contributed by atoms with E-state index in [1.54, 1.807) is 0 Å². The molecule has 3 N–H and O–H groups in total. The Morgan fingerprint density at radius 2 is 1.31 bits per heavy atom. The number of carbonyl (C=O) groups excluding carboxylic acids is 2. The summed E-state index contributed by atoms with van der Waals surface area (Å²) in [7, 11) is 0. The summed E-state index contributed by atoms with van der Waals surface area (Å²) in [6, 6.07) is 0.578. The third-order valence-corrected chi connectivity index (χ3v) is 5.59. The number of nitrogens with one attached hydrogen (secondary N) is 3. The third-order valence-electron chi connectivity index (χ3n) is 5.59. The minimum atomic E-state index is -0.419. The average Bonchev–Trinajstić information content (AvgIpc) is 2.62. The lowest BCUT2D eigenvalue weighted by molar-refractivity contribution is -0.134. The smallest absolute Gasteiger partial charge is 0.150 e. The molecule has 0 radical (unpaired) electrons. The molecule has 1 unspecified atom stereocenters. The highest BCUT2D eigenvalue weighted by Gasteiger charge is 2.32. The van der Waals surface area contributed by atoms with Crippen molar-refractivity contribution >= 4 is 11.6 Å². The maximum atomic E-state index is 13.3. The van der Waals surface area contributed by atoms with Crippen LogP contribution in [0.25, 0.3) is 0 Å². The van der Waals surface area contributed by atoms with Crippen LogP contribution in [0.3, 0.4) is 0 Å². The highest BCUT2D eigenvalue weighted by molar-refractivity contribution is 5.92. The fourth-order valence-corrected chi connectivity index (χ4v) is 3.91. The van der Waals surface area contributed by atoms with Crippen molar-refractivity contribution in [3.05, 3.63) is 0 Å². The van der Waals surface area contributed by atoms with Gasteiger partial charge in [-0.25, -0.2) is 0 Å².